The SMILES string of the molecule is Cc1nc(COc2ccc(Cl)cc2)sc1C(=O)Nc1cc(-n2nnnc2C)ccc1F. The van der Waals surface area contributed by atoms with Crippen molar-refractivity contribution in [2.75, 3.05) is 5.32 Å². The highest BCUT2D eigenvalue weighted by atomic mass is 35.5. The van der Waals surface area contributed by atoms with Crippen molar-refractivity contribution in [3.05, 3.63) is 74.7 Å². The molecule has 0 aliphatic heterocycles. The normalized spacial score (nSPS) is 10.8. The van der Waals surface area contributed by atoms with Crippen LogP contribution in [0.1, 0.15) is 26.2 Å². The molecule has 8 nitrogen and oxygen atoms in total. The molecule has 0 aliphatic carbocycles. The molecule has 4 aromatic rings. The van der Waals surface area contributed by atoms with Crippen LogP contribution in [0.4, 0.5) is 10.1 Å². The lowest BCUT2D eigenvalue weighted by molar-refractivity contribution is 0.102. The maximum absolute atomic E-state index is 14.3. The summed E-state index contributed by atoms with van der Waals surface area (Å²) in [5, 5.41) is 15.1. The number of aryl methyl sites for hydroxylation is 2. The average Bonchev–Trinajstić information content (AvgIpc) is 3.34. The number of halogens is 2. The minimum Gasteiger partial charge on any atom is -0.486 e. The molecule has 1 amide bonds. The molecular formula is C20H16ClFN6O2S. The fourth-order valence-electron chi connectivity index (χ4n) is 2.79. The van der Waals surface area contributed by atoms with Gasteiger partial charge in [-0.15, -0.1) is 16.4 Å². The first-order valence-electron chi connectivity index (χ1n) is 9.11. The number of nitrogens with one attached hydrogen (secondary N) is 1. The highest BCUT2D eigenvalue weighted by molar-refractivity contribution is 7.13. The van der Waals surface area contributed by atoms with Gasteiger partial charge in [0, 0.05) is 5.02 Å². The van der Waals surface area contributed by atoms with Crippen LogP contribution >= 0.6 is 22.9 Å². The molecule has 31 heavy (non-hydrogen) atoms. The third kappa shape index (κ3) is 4.70. The van der Waals surface area contributed by atoms with Crippen LogP contribution in [0.15, 0.2) is 42.5 Å². The molecule has 0 saturated heterocycles. The standard InChI is InChI=1S/C20H16ClFN6O2S/c1-11-19(31-18(23-11)10-30-15-6-3-13(21)4-7-15)20(29)24-17-9-14(5-8-16(17)22)28-12(2)25-26-27-28/h3-9H,10H2,1-2H3,(H,24,29). The molecule has 2 aromatic carbocycles. The zero-order valence-corrected chi connectivity index (χ0v) is 18.0. The minimum atomic E-state index is -0.573. The number of rotatable bonds is 6. The van der Waals surface area contributed by atoms with Crippen molar-refractivity contribution < 1.29 is 13.9 Å². The lowest BCUT2D eigenvalue weighted by Crippen LogP contribution is -2.13. The van der Waals surface area contributed by atoms with E-state index in [2.05, 4.69) is 25.8 Å². The second-order valence-corrected chi connectivity index (χ2v) is 8.04. The topological polar surface area (TPSA) is 94.8 Å². The number of carbonyl (C=O) groups is 1. The van der Waals surface area contributed by atoms with Gasteiger partial charge in [-0.1, -0.05) is 11.6 Å². The van der Waals surface area contributed by atoms with Crippen molar-refractivity contribution in [2.45, 2.75) is 20.5 Å². The molecule has 2 heterocycles. The predicted octanol–water partition coefficient (Wildman–Crippen LogP) is 4.36. The van der Waals surface area contributed by atoms with Crippen LogP contribution in [-0.4, -0.2) is 31.1 Å². The lowest BCUT2D eigenvalue weighted by atomic mass is 10.2. The zero-order chi connectivity index (χ0) is 22.0. The Balaban J connectivity index is 1.49. The maximum Gasteiger partial charge on any atom is 0.267 e. The van der Waals surface area contributed by atoms with E-state index in [1.54, 1.807) is 38.1 Å². The van der Waals surface area contributed by atoms with Gasteiger partial charge in [0.25, 0.3) is 5.91 Å². The Kier molecular flexibility index (Phi) is 5.92. The first-order chi connectivity index (χ1) is 14.9. The highest BCUT2D eigenvalue weighted by Crippen LogP contribution is 2.24. The van der Waals surface area contributed by atoms with Crippen LogP contribution in [-0.2, 0) is 6.61 Å². The fraction of sp³-hybridized carbons (Fsp3) is 0.150. The van der Waals surface area contributed by atoms with Crippen molar-refractivity contribution in [3.8, 4) is 11.4 Å². The molecular weight excluding hydrogens is 443 g/mol. The van der Waals surface area contributed by atoms with Crippen molar-refractivity contribution >= 4 is 34.5 Å². The maximum atomic E-state index is 14.3. The van der Waals surface area contributed by atoms with E-state index in [-0.39, 0.29) is 12.3 Å². The number of aromatic nitrogens is 5. The van der Waals surface area contributed by atoms with E-state index in [9.17, 15) is 9.18 Å². The Morgan fingerprint density at radius 2 is 2.00 bits per heavy atom. The van der Waals surface area contributed by atoms with Gasteiger partial charge in [0.05, 0.1) is 17.1 Å². The molecule has 158 valence electrons. The molecule has 0 fully saturated rings. The van der Waals surface area contributed by atoms with Gasteiger partial charge >= 0.3 is 0 Å². The number of carbonyl (C=O) groups excluding carboxylic acids is 1. The molecule has 0 atom stereocenters. The average molecular weight is 459 g/mol. The quantitative estimate of drug-likeness (QED) is 0.461. The number of anilines is 1. The molecule has 0 unspecified atom stereocenters. The second kappa shape index (κ2) is 8.78. The summed E-state index contributed by atoms with van der Waals surface area (Å²) in [6.07, 6.45) is 0. The van der Waals surface area contributed by atoms with Crippen molar-refractivity contribution in [1.82, 2.24) is 25.2 Å². The van der Waals surface area contributed by atoms with E-state index < -0.39 is 11.7 Å². The van der Waals surface area contributed by atoms with Crippen molar-refractivity contribution in [2.24, 2.45) is 0 Å². The summed E-state index contributed by atoms with van der Waals surface area (Å²) in [7, 11) is 0. The van der Waals surface area contributed by atoms with Crippen LogP contribution in [0.3, 0.4) is 0 Å². The van der Waals surface area contributed by atoms with Crippen molar-refractivity contribution in [1.29, 1.82) is 0 Å². The summed E-state index contributed by atoms with van der Waals surface area (Å²) in [5.74, 6) is 0.140. The Morgan fingerprint density at radius 3 is 2.71 bits per heavy atom. The number of ether oxygens (including phenoxy) is 1. The molecule has 1 N–H and O–H groups in total. The summed E-state index contributed by atoms with van der Waals surface area (Å²) >= 11 is 7.05. The van der Waals surface area contributed by atoms with Crippen LogP contribution in [0.25, 0.3) is 5.69 Å². The fourth-order valence-corrected chi connectivity index (χ4v) is 3.79. The zero-order valence-electron chi connectivity index (χ0n) is 16.5. The molecule has 0 radical (unpaired) electrons. The van der Waals surface area contributed by atoms with Gasteiger partial charge in [-0.2, -0.15) is 4.68 Å². The number of hydrogen-bond acceptors (Lipinski definition) is 7. The smallest absolute Gasteiger partial charge is 0.267 e. The van der Waals surface area contributed by atoms with Gasteiger partial charge in [-0.3, -0.25) is 4.79 Å². The summed E-state index contributed by atoms with van der Waals surface area (Å²) in [4.78, 5) is 17.5. The molecule has 0 aliphatic rings. The lowest BCUT2D eigenvalue weighted by Gasteiger charge is -2.08. The van der Waals surface area contributed by atoms with Gasteiger partial charge in [-0.05, 0) is 66.7 Å². The number of tetrazole rings is 1. The van der Waals surface area contributed by atoms with Gasteiger partial charge in [-0.25, -0.2) is 9.37 Å². The predicted molar refractivity (Wildman–Crippen MR) is 114 cm³/mol. The van der Waals surface area contributed by atoms with E-state index in [4.69, 9.17) is 16.3 Å². The van der Waals surface area contributed by atoms with Crippen LogP contribution in [0, 0.1) is 19.7 Å². The largest absolute Gasteiger partial charge is 0.486 e. The van der Waals surface area contributed by atoms with E-state index in [1.165, 1.54) is 34.2 Å². The number of nitrogens with zero attached hydrogens (tertiary/aromatic N) is 5. The highest BCUT2D eigenvalue weighted by Gasteiger charge is 2.18. The van der Waals surface area contributed by atoms with Gasteiger partial charge in [0.1, 0.15) is 28.1 Å². The second-order valence-electron chi connectivity index (χ2n) is 6.52. The number of hydrogen-bond donors (Lipinski definition) is 1. The Morgan fingerprint density at radius 1 is 1.23 bits per heavy atom. The van der Waals surface area contributed by atoms with Gasteiger partial charge in [0.15, 0.2) is 5.82 Å². The Bertz CT molecular complexity index is 1240. The van der Waals surface area contributed by atoms with Crippen molar-refractivity contribution in [3.63, 3.8) is 0 Å². The first kappa shape index (κ1) is 20.9. The van der Waals surface area contributed by atoms with Gasteiger partial charge < -0.3 is 10.1 Å². The van der Waals surface area contributed by atoms with E-state index >= 15 is 0 Å². The number of thiazole rings is 1. The third-order valence-corrected chi connectivity index (χ3v) is 5.67. The molecule has 2 aromatic heterocycles. The molecule has 11 heteroatoms. The Hall–Kier alpha value is -3.37. The molecule has 0 bridgehead atoms. The summed E-state index contributed by atoms with van der Waals surface area (Å²) < 4.78 is 21.4. The van der Waals surface area contributed by atoms with Crippen LogP contribution in [0.2, 0.25) is 5.02 Å². The van der Waals surface area contributed by atoms with Crippen LogP contribution in [0.5, 0.6) is 5.75 Å². The molecule has 4 rings (SSSR count). The summed E-state index contributed by atoms with van der Waals surface area (Å²) in [5.41, 5.74) is 1.08. The minimum absolute atomic E-state index is 0.0177. The third-order valence-electron chi connectivity index (χ3n) is 4.29. The molecule has 0 spiro atoms. The van der Waals surface area contributed by atoms with E-state index in [1.807, 2.05) is 0 Å². The van der Waals surface area contributed by atoms with E-state index in [0.717, 1.165) is 0 Å². The summed E-state index contributed by atoms with van der Waals surface area (Å²) in [6.45, 7) is 3.63. The molecule has 0 saturated carbocycles. The number of benzene rings is 2. The van der Waals surface area contributed by atoms with Crippen LogP contribution < -0.4 is 10.1 Å². The number of amides is 1. The first-order valence-corrected chi connectivity index (χ1v) is 10.3. The van der Waals surface area contributed by atoms with Gasteiger partial charge in [0.2, 0.25) is 0 Å². The monoisotopic (exact) mass is 458 g/mol. The summed E-state index contributed by atoms with van der Waals surface area (Å²) in [6, 6.07) is 11.2. The van der Waals surface area contributed by atoms with E-state index in [0.29, 0.717) is 37.9 Å². The Labute approximate surface area is 185 Å².